The van der Waals surface area contributed by atoms with Gasteiger partial charge in [-0.15, -0.1) is 0 Å². The van der Waals surface area contributed by atoms with Crippen molar-refractivity contribution in [1.82, 2.24) is 14.7 Å². The third-order valence-corrected chi connectivity index (χ3v) is 5.89. The number of benzene rings is 1. The molecule has 1 aromatic carbocycles. The molecule has 0 atom stereocenters. The van der Waals surface area contributed by atoms with Crippen molar-refractivity contribution in [2.24, 2.45) is 0 Å². The molecule has 0 fully saturated rings. The van der Waals surface area contributed by atoms with Crippen molar-refractivity contribution >= 4 is 27.7 Å². The molecule has 2 amide bonds. The Morgan fingerprint density at radius 1 is 1.00 bits per heavy atom. The lowest BCUT2D eigenvalue weighted by Gasteiger charge is -2.16. The van der Waals surface area contributed by atoms with Crippen molar-refractivity contribution in [3.05, 3.63) is 46.4 Å². The van der Waals surface area contributed by atoms with E-state index in [1.807, 2.05) is 4.72 Å². The Morgan fingerprint density at radius 3 is 2.26 bits per heavy atom. The fourth-order valence-corrected chi connectivity index (χ4v) is 4.56. The summed E-state index contributed by atoms with van der Waals surface area (Å²) in [7, 11) is -4.11. The van der Waals surface area contributed by atoms with E-state index in [4.69, 9.17) is 0 Å². The van der Waals surface area contributed by atoms with Gasteiger partial charge in [-0.05, 0) is 67.7 Å². The summed E-state index contributed by atoms with van der Waals surface area (Å²) < 4.78 is 28.6. The number of hydrogen-bond acceptors (Lipinski definition) is 5. The lowest BCUT2D eigenvalue weighted by molar-refractivity contribution is 0.256. The molecule has 4 rings (SSSR count). The number of anilines is 2. The van der Waals surface area contributed by atoms with E-state index in [1.54, 1.807) is 6.92 Å². The molecule has 0 saturated carbocycles. The minimum absolute atomic E-state index is 0.0439. The normalized spacial score (nSPS) is 15.1. The topological polar surface area (TPSA) is 113 Å². The minimum Gasteiger partial charge on any atom is -0.307 e. The second kappa shape index (κ2) is 6.80. The van der Waals surface area contributed by atoms with E-state index in [2.05, 4.69) is 26.1 Å². The van der Waals surface area contributed by atoms with Crippen LogP contribution in [-0.2, 0) is 35.9 Å². The first-order valence-electron chi connectivity index (χ1n) is 8.98. The summed E-state index contributed by atoms with van der Waals surface area (Å²) in [5.74, 6) is 0.0439. The number of nitrogens with one attached hydrogen (secondary N) is 3. The molecule has 0 radical (unpaired) electrons. The van der Waals surface area contributed by atoms with E-state index >= 15 is 0 Å². The van der Waals surface area contributed by atoms with Crippen molar-refractivity contribution in [2.45, 2.75) is 45.4 Å². The predicted molar refractivity (Wildman–Crippen MR) is 102 cm³/mol. The molecule has 0 aliphatic heterocycles. The third kappa shape index (κ3) is 3.73. The number of fused-ring (bicyclic) bond motifs is 2. The lowest BCUT2D eigenvalue weighted by atomic mass is 9.99. The van der Waals surface area contributed by atoms with Gasteiger partial charge in [0.25, 0.3) is 0 Å². The molecular formula is C18H21N5O3S. The van der Waals surface area contributed by atoms with Crippen LogP contribution in [0.1, 0.15) is 40.8 Å². The van der Waals surface area contributed by atoms with Crippen LogP contribution in [0.25, 0.3) is 0 Å². The monoisotopic (exact) mass is 387 g/mol. The Hall–Kier alpha value is -2.68. The maximum atomic E-state index is 12.4. The Morgan fingerprint density at radius 2 is 1.67 bits per heavy atom. The second-order valence-electron chi connectivity index (χ2n) is 6.94. The zero-order valence-corrected chi connectivity index (χ0v) is 15.8. The molecule has 0 unspecified atom stereocenters. The first-order valence-corrected chi connectivity index (χ1v) is 10.5. The van der Waals surface area contributed by atoms with Crippen molar-refractivity contribution in [2.75, 3.05) is 10.0 Å². The van der Waals surface area contributed by atoms with E-state index in [1.165, 1.54) is 23.5 Å². The van der Waals surface area contributed by atoms with Gasteiger partial charge < -0.3 is 5.32 Å². The molecule has 1 heterocycles. The van der Waals surface area contributed by atoms with E-state index in [9.17, 15) is 13.2 Å². The van der Waals surface area contributed by atoms with Crippen LogP contribution in [-0.4, -0.2) is 24.4 Å². The van der Waals surface area contributed by atoms with Gasteiger partial charge in [-0.1, -0.05) is 6.07 Å². The van der Waals surface area contributed by atoms with E-state index in [0.29, 0.717) is 5.69 Å². The maximum absolute atomic E-state index is 12.4. The molecule has 0 spiro atoms. The van der Waals surface area contributed by atoms with Gasteiger partial charge in [0.05, 0.1) is 18.1 Å². The third-order valence-electron chi connectivity index (χ3n) is 4.96. The summed E-state index contributed by atoms with van der Waals surface area (Å²) >= 11 is 0. The Bertz CT molecular complexity index is 970. The number of amides is 2. The summed E-state index contributed by atoms with van der Waals surface area (Å²) in [6.07, 6.45) is 8.67. The smallest absolute Gasteiger partial charge is 0.307 e. The standard InChI is InChI=1S/C18H21N5O3S/c1-11-9-20-16(10-19-11)22-27(25,26)23-18(24)21-17-14-6-2-4-12(14)8-13-5-3-7-15(13)17/h8-10H,2-7H2,1H3,(H,20,22)(H2,21,23,24). The zero-order chi connectivity index (χ0) is 19.0. The van der Waals surface area contributed by atoms with Crippen LogP contribution in [0.5, 0.6) is 0 Å². The quantitative estimate of drug-likeness (QED) is 0.745. The number of aromatic nitrogens is 2. The van der Waals surface area contributed by atoms with Gasteiger partial charge in [0.2, 0.25) is 0 Å². The maximum Gasteiger partial charge on any atom is 0.334 e. The van der Waals surface area contributed by atoms with Crippen LogP contribution < -0.4 is 14.8 Å². The van der Waals surface area contributed by atoms with Crippen LogP contribution in [0.3, 0.4) is 0 Å². The molecule has 3 N–H and O–H groups in total. The highest BCUT2D eigenvalue weighted by Crippen LogP contribution is 2.38. The number of rotatable bonds is 4. The number of hydrogen-bond donors (Lipinski definition) is 3. The first-order chi connectivity index (χ1) is 12.9. The predicted octanol–water partition coefficient (Wildman–Crippen LogP) is 2.24. The summed E-state index contributed by atoms with van der Waals surface area (Å²) in [6.45, 7) is 1.74. The zero-order valence-electron chi connectivity index (χ0n) is 15.0. The number of carbonyl (C=O) groups excluding carboxylic acids is 1. The van der Waals surface area contributed by atoms with Crippen molar-refractivity contribution in [3.8, 4) is 0 Å². The van der Waals surface area contributed by atoms with Gasteiger partial charge in [0, 0.05) is 5.69 Å². The van der Waals surface area contributed by atoms with Gasteiger partial charge in [-0.3, -0.25) is 4.98 Å². The molecule has 2 aromatic rings. The molecule has 0 bridgehead atoms. The van der Waals surface area contributed by atoms with Crippen LogP contribution in [0.2, 0.25) is 0 Å². The van der Waals surface area contributed by atoms with E-state index < -0.39 is 16.2 Å². The molecule has 8 nitrogen and oxygen atoms in total. The summed E-state index contributed by atoms with van der Waals surface area (Å²) in [5.41, 5.74) is 6.26. The van der Waals surface area contributed by atoms with Gasteiger partial charge in [-0.2, -0.15) is 8.42 Å². The highest BCUT2D eigenvalue weighted by atomic mass is 32.2. The Balaban J connectivity index is 1.51. The fourth-order valence-electron chi connectivity index (χ4n) is 3.84. The summed E-state index contributed by atoms with van der Waals surface area (Å²) in [4.78, 5) is 20.3. The number of urea groups is 1. The molecule has 0 saturated heterocycles. The average Bonchev–Trinajstić information content (AvgIpc) is 3.25. The summed E-state index contributed by atoms with van der Waals surface area (Å²) in [6, 6.07) is 1.47. The molecule has 27 heavy (non-hydrogen) atoms. The SMILES string of the molecule is Cc1cnc(NS(=O)(=O)NC(=O)Nc2c3c(cc4c2CCC4)CCC3)cn1. The van der Waals surface area contributed by atoms with E-state index in [-0.39, 0.29) is 5.82 Å². The average molecular weight is 387 g/mol. The van der Waals surface area contributed by atoms with Crippen LogP contribution in [0, 0.1) is 6.92 Å². The van der Waals surface area contributed by atoms with E-state index in [0.717, 1.165) is 55.3 Å². The molecule has 1 aromatic heterocycles. The largest absolute Gasteiger partial charge is 0.334 e. The molecule has 2 aliphatic carbocycles. The van der Waals surface area contributed by atoms with Gasteiger partial charge in [0.15, 0.2) is 5.82 Å². The molecule has 9 heteroatoms. The van der Waals surface area contributed by atoms with Gasteiger partial charge >= 0.3 is 16.2 Å². The second-order valence-corrected chi connectivity index (χ2v) is 8.35. The van der Waals surface area contributed by atoms with Crippen LogP contribution >= 0.6 is 0 Å². The molecule has 2 aliphatic rings. The lowest BCUT2D eigenvalue weighted by Crippen LogP contribution is -2.38. The number of nitrogens with zero attached hydrogens (tertiary/aromatic N) is 2. The van der Waals surface area contributed by atoms with Gasteiger partial charge in [0.1, 0.15) is 0 Å². The number of aryl methyl sites for hydroxylation is 3. The Labute approximate surface area is 158 Å². The Kier molecular flexibility index (Phi) is 4.47. The minimum atomic E-state index is -4.11. The first kappa shape index (κ1) is 17.7. The van der Waals surface area contributed by atoms with Crippen molar-refractivity contribution < 1.29 is 13.2 Å². The molecule has 142 valence electrons. The van der Waals surface area contributed by atoms with Crippen molar-refractivity contribution in [1.29, 1.82) is 0 Å². The molecular weight excluding hydrogens is 366 g/mol. The van der Waals surface area contributed by atoms with Crippen LogP contribution in [0.15, 0.2) is 18.5 Å². The summed E-state index contributed by atoms with van der Waals surface area (Å²) in [5, 5.41) is 2.79. The van der Waals surface area contributed by atoms with Crippen LogP contribution in [0.4, 0.5) is 16.3 Å². The fraction of sp³-hybridized carbons (Fsp3) is 0.389. The van der Waals surface area contributed by atoms with Gasteiger partial charge in [-0.25, -0.2) is 19.2 Å². The highest BCUT2D eigenvalue weighted by molar-refractivity contribution is 7.91. The van der Waals surface area contributed by atoms with Crippen molar-refractivity contribution in [3.63, 3.8) is 0 Å². The highest BCUT2D eigenvalue weighted by Gasteiger charge is 2.26. The number of carbonyl (C=O) groups is 1.